The Bertz CT molecular complexity index is 595. The summed E-state index contributed by atoms with van der Waals surface area (Å²) in [5.74, 6) is -3.66. The van der Waals surface area contributed by atoms with E-state index in [2.05, 4.69) is 5.32 Å². The Balaban J connectivity index is 2.21. The summed E-state index contributed by atoms with van der Waals surface area (Å²) in [4.78, 5) is 23.4. The molecule has 0 unspecified atom stereocenters. The van der Waals surface area contributed by atoms with Gasteiger partial charge in [0.25, 0.3) is 0 Å². The summed E-state index contributed by atoms with van der Waals surface area (Å²) in [7, 11) is 0. The van der Waals surface area contributed by atoms with E-state index in [1.807, 2.05) is 0 Å². The van der Waals surface area contributed by atoms with E-state index in [1.54, 1.807) is 12.2 Å². The average molecular weight is 332 g/mol. The summed E-state index contributed by atoms with van der Waals surface area (Å²) < 4.78 is 13.1. The number of hydrogen-bond donors (Lipinski definition) is 2. The number of hydrogen-bond acceptors (Lipinski definition) is 2. The molecule has 1 aliphatic carbocycles. The molecule has 4 nitrogen and oxygen atoms in total. The Morgan fingerprint density at radius 2 is 1.67 bits per heavy atom. The highest BCUT2D eigenvalue weighted by atomic mass is 35.5. The molecular formula is C14H12Cl2FNO3. The van der Waals surface area contributed by atoms with Gasteiger partial charge < -0.3 is 10.4 Å². The predicted molar refractivity (Wildman–Crippen MR) is 78.0 cm³/mol. The maximum Gasteiger partial charge on any atom is 0.307 e. The fourth-order valence-corrected chi connectivity index (χ4v) is 2.81. The molecular weight excluding hydrogens is 320 g/mol. The number of benzene rings is 1. The lowest BCUT2D eigenvalue weighted by atomic mass is 9.82. The van der Waals surface area contributed by atoms with Gasteiger partial charge in [0, 0.05) is 0 Å². The van der Waals surface area contributed by atoms with Crippen LogP contribution < -0.4 is 5.32 Å². The van der Waals surface area contributed by atoms with E-state index in [4.69, 9.17) is 28.3 Å². The van der Waals surface area contributed by atoms with Gasteiger partial charge in [-0.3, -0.25) is 9.59 Å². The molecule has 0 saturated heterocycles. The molecule has 7 heteroatoms. The molecule has 0 fully saturated rings. The van der Waals surface area contributed by atoms with Crippen LogP contribution in [0.25, 0.3) is 0 Å². The van der Waals surface area contributed by atoms with E-state index in [0.717, 1.165) is 12.1 Å². The third-order valence-electron chi connectivity index (χ3n) is 3.34. The number of carbonyl (C=O) groups is 2. The van der Waals surface area contributed by atoms with Gasteiger partial charge in [-0.15, -0.1) is 0 Å². The van der Waals surface area contributed by atoms with Gasteiger partial charge in [-0.1, -0.05) is 35.4 Å². The number of halogens is 3. The Labute approximate surface area is 130 Å². The van der Waals surface area contributed by atoms with Crippen molar-refractivity contribution >= 4 is 40.8 Å². The van der Waals surface area contributed by atoms with Crippen molar-refractivity contribution in [2.45, 2.75) is 12.8 Å². The molecule has 0 aromatic heterocycles. The first-order valence-electron chi connectivity index (χ1n) is 6.23. The lowest BCUT2D eigenvalue weighted by molar-refractivity contribution is -0.146. The molecule has 2 atom stereocenters. The van der Waals surface area contributed by atoms with Crippen molar-refractivity contribution in [3.63, 3.8) is 0 Å². The number of aliphatic carboxylic acids is 1. The number of allylic oxidation sites excluding steroid dienone is 2. The van der Waals surface area contributed by atoms with Crippen molar-refractivity contribution in [1.29, 1.82) is 0 Å². The molecule has 0 radical (unpaired) electrons. The van der Waals surface area contributed by atoms with Crippen molar-refractivity contribution in [2.24, 2.45) is 11.8 Å². The zero-order valence-electron chi connectivity index (χ0n) is 10.8. The molecule has 112 valence electrons. The van der Waals surface area contributed by atoms with Crippen LogP contribution in [0, 0.1) is 17.7 Å². The van der Waals surface area contributed by atoms with Crippen LogP contribution in [0.1, 0.15) is 12.8 Å². The largest absolute Gasteiger partial charge is 0.481 e. The van der Waals surface area contributed by atoms with Gasteiger partial charge in [0.2, 0.25) is 5.91 Å². The number of carboxylic acid groups (broad SMARTS) is 1. The molecule has 0 heterocycles. The second kappa shape index (κ2) is 6.45. The highest BCUT2D eigenvalue weighted by Crippen LogP contribution is 2.33. The minimum atomic E-state index is -1.03. The molecule has 1 aromatic rings. The van der Waals surface area contributed by atoms with Gasteiger partial charge in [0.05, 0.1) is 27.6 Å². The average Bonchev–Trinajstić information content (AvgIpc) is 2.42. The number of amides is 1. The van der Waals surface area contributed by atoms with Gasteiger partial charge in [0.15, 0.2) is 0 Å². The zero-order valence-corrected chi connectivity index (χ0v) is 12.3. The normalized spacial score (nSPS) is 21.1. The minimum Gasteiger partial charge on any atom is -0.481 e. The van der Waals surface area contributed by atoms with Gasteiger partial charge >= 0.3 is 5.97 Å². The molecule has 0 aliphatic heterocycles. The Hall–Kier alpha value is -1.59. The number of carboxylic acids is 1. The SMILES string of the molecule is O=C(O)[C@H]1CC=CC[C@H]1C(=O)Nc1c(Cl)cc(F)cc1Cl. The molecule has 1 aliphatic rings. The van der Waals surface area contributed by atoms with Gasteiger partial charge in [-0.25, -0.2) is 4.39 Å². The van der Waals surface area contributed by atoms with Crippen molar-refractivity contribution < 1.29 is 19.1 Å². The third-order valence-corrected chi connectivity index (χ3v) is 3.94. The molecule has 2 rings (SSSR count). The van der Waals surface area contributed by atoms with E-state index in [-0.39, 0.29) is 22.2 Å². The lowest BCUT2D eigenvalue weighted by Gasteiger charge is -2.24. The van der Waals surface area contributed by atoms with Crippen LogP contribution >= 0.6 is 23.2 Å². The van der Waals surface area contributed by atoms with Gasteiger partial charge in [-0.05, 0) is 25.0 Å². The van der Waals surface area contributed by atoms with Crippen molar-refractivity contribution in [3.05, 3.63) is 40.1 Å². The van der Waals surface area contributed by atoms with Crippen LogP contribution in [0.5, 0.6) is 0 Å². The summed E-state index contributed by atoms with van der Waals surface area (Å²) in [5.41, 5.74) is 0.0865. The Morgan fingerprint density at radius 3 is 2.19 bits per heavy atom. The van der Waals surface area contributed by atoms with Crippen LogP contribution in [-0.4, -0.2) is 17.0 Å². The maximum atomic E-state index is 13.1. The molecule has 2 N–H and O–H groups in total. The number of nitrogens with one attached hydrogen (secondary N) is 1. The standard InChI is InChI=1S/C14H12Cl2FNO3/c15-10-5-7(17)6-11(16)12(10)18-13(19)8-3-1-2-4-9(8)14(20)21/h1-2,5-6,8-9H,3-4H2,(H,18,19)(H,20,21)/t8-,9+/m1/s1. The van der Waals surface area contributed by atoms with Crippen LogP contribution in [0.15, 0.2) is 24.3 Å². The second-order valence-electron chi connectivity index (χ2n) is 4.73. The summed E-state index contributed by atoms with van der Waals surface area (Å²) in [6.07, 6.45) is 4.11. The van der Waals surface area contributed by atoms with E-state index in [1.165, 1.54) is 0 Å². The summed E-state index contributed by atoms with van der Waals surface area (Å²) in [6.45, 7) is 0. The Kier molecular flexibility index (Phi) is 4.85. The van der Waals surface area contributed by atoms with E-state index in [9.17, 15) is 14.0 Å². The van der Waals surface area contributed by atoms with Gasteiger partial charge in [0.1, 0.15) is 5.82 Å². The Morgan fingerprint density at radius 1 is 1.14 bits per heavy atom. The maximum absolute atomic E-state index is 13.1. The van der Waals surface area contributed by atoms with Gasteiger partial charge in [-0.2, -0.15) is 0 Å². The summed E-state index contributed by atoms with van der Waals surface area (Å²) in [6, 6.07) is 2.05. The fourth-order valence-electron chi connectivity index (χ4n) is 2.25. The fraction of sp³-hybridized carbons (Fsp3) is 0.286. The lowest BCUT2D eigenvalue weighted by Crippen LogP contribution is -2.34. The summed E-state index contributed by atoms with van der Waals surface area (Å²) in [5, 5.41) is 11.6. The van der Waals surface area contributed by atoms with E-state index < -0.39 is 29.5 Å². The van der Waals surface area contributed by atoms with E-state index >= 15 is 0 Å². The number of carbonyl (C=O) groups excluding carboxylic acids is 1. The molecule has 0 bridgehead atoms. The molecule has 1 amide bonds. The topological polar surface area (TPSA) is 66.4 Å². The third kappa shape index (κ3) is 3.54. The molecule has 21 heavy (non-hydrogen) atoms. The second-order valence-corrected chi connectivity index (χ2v) is 5.54. The van der Waals surface area contributed by atoms with Crippen LogP contribution in [0.3, 0.4) is 0 Å². The van der Waals surface area contributed by atoms with Crippen molar-refractivity contribution in [2.75, 3.05) is 5.32 Å². The number of anilines is 1. The monoisotopic (exact) mass is 331 g/mol. The van der Waals surface area contributed by atoms with Crippen molar-refractivity contribution in [3.8, 4) is 0 Å². The van der Waals surface area contributed by atoms with Crippen LogP contribution in [0.2, 0.25) is 10.0 Å². The first kappa shape index (κ1) is 15.8. The highest BCUT2D eigenvalue weighted by Gasteiger charge is 2.34. The molecule has 1 aromatic carbocycles. The quantitative estimate of drug-likeness (QED) is 0.829. The highest BCUT2D eigenvalue weighted by molar-refractivity contribution is 6.39. The van der Waals surface area contributed by atoms with Crippen LogP contribution in [0.4, 0.5) is 10.1 Å². The zero-order chi connectivity index (χ0) is 15.6. The van der Waals surface area contributed by atoms with Crippen LogP contribution in [-0.2, 0) is 9.59 Å². The molecule has 0 saturated carbocycles. The van der Waals surface area contributed by atoms with E-state index in [0.29, 0.717) is 6.42 Å². The summed E-state index contributed by atoms with van der Waals surface area (Å²) >= 11 is 11.7. The predicted octanol–water partition coefficient (Wildman–Crippen LogP) is 3.74. The minimum absolute atomic E-state index is 0.0356. The van der Waals surface area contributed by atoms with Crippen molar-refractivity contribution in [1.82, 2.24) is 0 Å². The number of rotatable bonds is 3. The smallest absolute Gasteiger partial charge is 0.307 e. The first-order valence-corrected chi connectivity index (χ1v) is 6.99. The molecule has 0 spiro atoms. The first-order chi connectivity index (χ1) is 9.90.